The number of aryl methyl sites for hydroxylation is 4. The summed E-state index contributed by atoms with van der Waals surface area (Å²) in [5, 5.41) is 40.0. The highest BCUT2D eigenvalue weighted by molar-refractivity contribution is 5.99. The number of hydrogen-bond acceptors (Lipinski definition) is 18. The van der Waals surface area contributed by atoms with Crippen molar-refractivity contribution in [1.82, 2.24) is 65.5 Å². The van der Waals surface area contributed by atoms with Crippen LogP contribution in [-0.4, -0.2) is 175 Å². The maximum atomic E-state index is 15.1. The van der Waals surface area contributed by atoms with Gasteiger partial charge in [0.05, 0.1) is 40.1 Å². The molecule has 0 aliphatic carbocycles. The summed E-state index contributed by atoms with van der Waals surface area (Å²) in [7, 11) is 0. The quantitative estimate of drug-likeness (QED) is 0.0264. The molecule has 27 heteroatoms. The third kappa shape index (κ3) is 22.2. The lowest BCUT2D eigenvalue weighted by Gasteiger charge is -2.40. The predicted molar refractivity (Wildman–Crippen MR) is 455 cm³/mol. The first-order valence-corrected chi connectivity index (χ1v) is 41.3. The molecule has 624 valence electrons. The average Bonchev–Trinajstić information content (AvgIpc) is 1.59. The van der Waals surface area contributed by atoms with Crippen LogP contribution in [0.4, 0.5) is 25.0 Å². The minimum atomic E-state index is -1.02. The van der Waals surface area contributed by atoms with E-state index in [1.54, 1.807) is 47.4 Å². The van der Waals surface area contributed by atoms with Crippen LogP contribution < -0.4 is 37.6 Å². The number of pyridine rings is 2. The molecule has 2 atom stereocenters. The number of hydrogen-bond donors (Lipinski definition) is 8. The number of aromatic carboxylic acids is 1. The van der Waals surface area contributed by atoms with E-state index in [1.807, 2.05) is 106 Å². The van der Waals surface area contributed by atoms with Crippen molar-refractivity contribution in [3.8, 4) is 22.3 Å². The molecule has 10 aromatic rings. The molecule has 4 amide bonds. The van der Waals surface area contributed by atoms with Crippen molar-refractivity contribution in [2.75, 3.05) is 76.3 Å². The van der Waals surface area contributed by atoms with Crippen molar-refractivity contribution in [2.45, 2.75) is 183 Å². The van der Waals surface area contributed by atoms with Crippen LogP contribution in [0.3, 0.4) is 0 Å². The van der Waals surface area contributed by atoms with Crippen molar-refractivity contribution >= 4 is 63.2 Å². The summed E-state index contributed by atoms with van der Waals surface area (Å²) in [6.45, 7) is 30.2. The third-order valence-corrected chi connectivity index (χ3v) is 21.8. The molecule has 0 radical (unpaired) electrons. The SMILES string of the molecule is CCc1nc2c(cnn2CC)c(NC2CCOCC2)c1CNC(=O)c1ccc(C(=O)NCc2ccc(F)c(-c3cccc(CN4CCN[C@@H](C)C4)c3)c2)cc1.CCc1nc2c(cnn2CC)c(NC2CCOCC2)c1CNC(=O)c1ccc(C(=O)O)cc1.C[C@H]1CN(Cc2cccc(-c3cc(CN)ccc3F)c2)CCN1C(=O)OC(C)(C)C. The average molecular weight is 1610 g/mol. The number of carboxylic acids is 1. The van der Waals surface area contributed by atoms with E-state index in [-0.39, 0.29) is 72.2 Å². The van der Waals surface area contributed by atoms with E-state index in [0.29, 0.717) is 86.1 Å². The number of rotatable bonds is 25. The molecule has 25 nitrogen and oxygen atoms in total. The van der Waals surface area contributed by atoms with Crippen LogP contribution in [-0.2, 0) is 79.4 Å². The summed E-state index contributed by atoms with van der Waals surface area (Å²) in [6, 6.07) is 39.5. The Labute approximate surface area is 689 Å². The largest absolute Gasteiger partial charge is 0.478 e. The monoisotopic (exact) mass is 1610 g/mol. The van der Waals surface area contributed by atoms with Gasteiger partial charge in [-0.2, -0.15) is 10.2 Å². The summed E-state index contributed by atoms with van der Waals surface area (Å²) in [4.78, 5) is 79.2. The smallest absolute Gasteiger partial charge is 0.410 e. The van der Waals surface area contributed by atoms with Gasteiger partial charge in [0.2, 0.25) is 0 Å². The standard InChI is InChI=1S/C43H51FN8O3.C24H32FN3O2.C24H29N5O4/c1-4-39-36(40(49-34-15-19-55-20-16-34)37-25-48-52(5-2)41(37)50-39)24-47-43(54)32-12-10-31(11-13-32)42(53)46-23-29-9-14-38(44)35(22-29)33-8-6-7-30(21-33)27-51-18-17-45-28(3)26-51;1-17-15-27(10-11-28(17)23(29)30-24(2,3)4)16-19-6-5-7-20(12-19)21-13-18(14-26)8-9-22(21)25;1-3-20-18(13-25-23(30)15-5-7-16(8-6-15)24(31)32)21(27-17-9-11-33-12-10-17)19-14-26-29(4-2)22(19)28-20/h6-14,21-22,25,28,34,45H,4-5,15-20,23-24,26-27H2,1-3H3,(H,46,53)(H,47,54)(H,49,50);5-9,12-13,17H,10-11,14-16,26H2,1-4H3;5-8,14,17H,3-4,9-13H2,1-2H3,(H,25,30)(H,27,28)(H,31,32)/t28-;17-;/m00./s1. The number of nitrogens with two attached hydrogens (primary N) is 1. The number of ether oxygens (including phenoxy) is 3. The number of amides is 4. The molecule has 14 rings (SSSR count). The van der Waals surface area contributed by atoms with Crippen LogP contribution in [0.2, 0.25) is 0 Å². The second kappa shape index (κ2) is 40.4. The highest BCUT2D eigenvalue weighted by Gasteiger charge is 2.32. The van der Waals surface area contributed by atoms with E-state index in [4.69, 9.17) is 35.0 Å². The van der Waals surface area contributed by atoms with E-state index in [1.165, 1.54) is 36.4 Å². The molecule has 6 aromatic carbocycles. The lowest BCUT2D eigenvalue weighted by atomic mass is 10.00. The Bertz CT molecular complexity index is 5140. The number of nitrogens with zero attached hydrogens (tertiary/aromatic N) is 9. The van der Waals surface area contributed by atoms with Gasteiger partial charge in [-0.1, -0.05) is 62.4 Å². The van der Waals surface area contributed by atoms with Crippen LogP contribution in [0, 0.1) is 11.6 Å². The van der Waals surface area contributed by atoms with E-state index in [2.05, 4.69) is 84.8 Å². The Balaban J connectivity index is 0.000000174. The highest BCUT2D eigenvalue weighted by atomic mass is 19.1. The molecule has 4 aliphatic heterocycles. The Morgan fingerprint density at radius 2 is 1.01 bits per heavy atom. The Morgan fingerprint density at radius 3 is 1.44 bits per heavy atom. The summed E-state index contributed by atoms with van der Waals surface area (Å²) in [5.74, 6) is -2.38. The zero-order valence-electron chi connectivity index (χ0n) is 69.2. The number of fused-ring (bicyclic) bond motifs is 2. The van der Waals surface area contributed by atoms with Crippen LogP contribution in [0.1, 0.15) is 174 Å². The first-order chi connectivity index (χ1) is 57.0. The van der Waals surface area contributed by atoms with Gasteiger partial charge in [0, 0.05) is 193 Å². The zero-order valence-corrected chi connectivity index (χ0v) is 69.2. The van der Waals surface area contributed by atoms with E-state index in [9.17, 15) is 28.4 Å². The van der Waals surface area contributed by atoms with Crippen LogP contribution in [0.25, 0.3) is 44.3 Å². The van der Waals surface area contributed by atoms with Crippen molar-refractivity contribution in [3.05, 3.63) is 225 Å². The van der Waals surface area contributed by atoms with Gasteiger partial charge in [-0.3, -0.25) is 24.2 Å². The fourth-order valence-corrected chi connectivity index (χ4v) is 15.5. The summed E-state index contributed by atoms with van der Waals surface area (Å²) >= 11 is 0. The molecule has 4 fully saturated rings. The normalized spacial score (nSPS) is 16.3. The lowest BCUT2D eigenvalue weighted by Crippen LogP contribution is -2.54. The number of carbonyl (C=O) groups is 5. The summed E-state index contributed by atoms with van der Waals surface area (Å²) in [5.41, 5.74) is 20.6. The summed E-state index contributed by atoms with van der Waals surface area (Å²) < 4.78 is 49.9. The molecule has 118 heavy (non-hydrogen) atoms. The number of carboxylic acid groups (broad SMARTS) is 1. The maximum Gasteiger partial charge on any atom is 0.410 e. The van der Waals surface area contributed by atoms with Gasteiger partial charge >= 0.3 is 12.1 Å². The van der Waals surface area contributed by atoms with E-state index < -0.39 is 11.6 Å². The molecule has 0 bridgehead atoms. The minimum Gasteiger partial charge on any atom is -0.478 e. The van der Waals surface area contributed by atoms with Crippen LogP contribution in [0.5, 0.6) is 0 Å². The van der Waals surface area contributed by atoms with Gasteiger partial charge in [0.1, 0.15) is 17.2 Å². The number of carbonyl (C=O) groups excluding carboxylic acids is 4. The molecule has 0 spiro atoms. The Kier molecular flexibility index (Phi) is 29.5. The minimum absolute atomic E-state index is 0.0652. The number of piperazine rings is 2. The molecule has 0 unspecified atom stereocenters. The first-order valence-electron chi connectivity index (χ1n) is 41.3. The third-order valence-electron chi connectivity index (χ3n) is 21.8. The molecule has 4 aliphatic rings. The molecule has 9 N–H and O–H groups in total. The summed E-state index contributed by atoms with van der Waals surface area (Å²) in [6.07, 6.45) is 8.46. The molecule has 0 saturated carbocycles. The predicted octanol–water partition coefficient (Wildman–Crippen LogP) is 13.7. The van der Waals surface area contributed by atoms with Gasteiger partial charge in [0.25, 0.3) is 17.7 Å². The second-order valence-corrected chi connectivity index (χ2v) is 31.6. The number of halogens is 2. The fourth-order valence-electron chi connectivity index (χ4n) is 15.5. The lowest BCUT2D eigenvalue weighted by molar-refractivity contribution is 0.000505. The van der Waals surface area contributed by atoms with Gasteiger partial charge in [-0.15, -0.1) is 0 Å². The Morgan fingerprint density at radius 1 is 0.559 bits per heavy atom. The molecular formula is C91H112F2N16O9. The zero-order chi connectivity index (χ0) is 83.6. The van der Waals surface area contributed by atoms with Crippen LogP contribution >= 0.6 is 0 Å². The molecular weight excluding hydrogens is 1500 g/mol. The van der Waals surface area contributed by atoms with Crippen molar-refractivity contribution in [1.29, 1.82) is 0 Å². The first kappa shape index (κ1) is 86.3. The van der Waals surface area contributed by atoms with Gasteiger partial charge in [-0.05, 0) is 205 Å². The number of aromatic nitrogens is 6. The maximum absolute atomic E-state index is 15.1. The van der Waals surface area contributed by atoms with Gasteiger partial charge in [0.15, 0.2) is 11.3 Å². The Hall–Kier alpha value is -11.1. The number of anilines is 2. The molecule has 8 heterocycles. The highest BCUT2D eigenvalue weighted by Crippen LogP contribution is 2.35. The van der Waals surface area contributed by atoms with E-state index >= 15 is 4.39 Å². The number of benzene rings is 6. The van der Waals surface area contributed by atoms with Crippen LogP contribution in [0.15, 0.2) is 146 Å². The van der Waals surface area contributed by atoms with Crippen molar-refractivity contribution < 1.29 is 52.1 Å². The fraction of sp³-hybridized carbons (Fsp3) is 0.418. The molecule has 4 aromatic heterocycles. The van der Waals surface area contributed by atoms with Gasteiger partial charge in [-0.25, -0.2) is 37.7 Å². The topological polar surface area (TPSA) is 303 Å². The molecule has 4 saturated heterocycles. The van der Waals surface area contributed by atoms with Crippen molar-refractivity contribution in [3.63, 3.8) is 0 Å². The second-order valence-electron chi connectivity index (χ2n) is 31.6. The van der Waals surface area contributed by atoms with E-state index in [0.717, 1.165) is 181 Å². The van der Waals surface area contributed by atoms with Crippen molar-refractivity contribution in [2.24, 2.45) is 5.73 Å². The number of nitrogens with one attached hydrogen (secondary N) is 6. The van der Waals surface area contributed by atoms with Gasteiger partial charge < -0.3 is 61.9 Å².